The number of amides is 2. The number of nitrogens with one attached hydrogen (secondary N) is 1. The van der Waals surface area contributed by atoms with E-state index in [1.165, 1.54) is 6.42 Å². The monoisotopic (exact) mass is 271 g/mol. The molecule has 1 aliphatic heterocycles. The molecule has 6 nitrogen and oxygen atoms in total. The lowest BCUT2D eigenvalue weighted by molar-refractivity contribution is -0.139. The Morgan fingerprint density at radius 1 is 1.47 bits per heavy atom. The summed E-state index contributed by atoms with van der Waals surface area (Å²) in [4.78, 5) is 26.8. The molecule has 0 aliphatic carbocycles. The number of rotatable bonds is 6. The molecule has 1 unspecified atom stereocenters. The number of carboxylic acids is 1. The van der Waals surface area contributed by atoms with E-state index in [1.54, 1.807) is 18.9 Å². The zero-order valence-electron chi connectivity index (χ0n) is 12.1. The van der Waals surface area contributed by atoms with Crippen LogP contribution >= 0.6 is 0 Å². The molecule has 0 saturated carbocycles. The number of hydrogen-bond acceptors (Lipinski definition) is 3. The molecule has 1 heterocycles. The van der Waals surface area contributed by atoms with E-state index in [4.69, 9.17) is 5.11 Å². The van der Waals surface area contributed by atoms with Gasteiger partial charge in [-0.05, 0) is 32.4 Å². The summed E-state index contributed by atoms with van der Waals surface area (Å²) in [6, 6.07) is -0.719. The molecule has 1 aliphatic rings. The van der Waals surface area contributed by atoms with Gasteiger partial charge in [-0.2, -0.15) is 0 Å². The zero-order chi connectivity index (χ0) is 14.4. The fourth-order valence-corrected chi connectivity index (χ4v) is 2.51. The van der Waals surface area contributed by atoms with Gasteiger partial charge in [-0.1, -0.05) is 13.8 Å². The highest BCUT2D eigenvalue weighted by atomic mass is 16.4. The van der Waals surface area contributed by atoms with Crippen molar-refractivity contribution in [1.82, 2.24) is 15.1 Å². The van der Waals surface area contributed by atoms with Gasteiger partial charge >= 0.3 is 12.0 Å². The van der Waals surface area contributed by atoms with E-state index in [-0.39, 0.29) is 6.03 Å². The van der Waals surface area contributed by atoms with Gasteiger partial charge in [-0.25, -0.2) is 9.59 Å². The van der Waals surface area contributed by atoms with Crippen LogP contribution in [0.3, 0.4) is 0 Å². The van der Waals surface area contributed by atoms with Crippen LogP contribution in [0.25, 0.3) is 0 Å². The number of carbonyl (C=O) groups is 2. The maximum absolute atomic E-state index is 11.9. The average molecular weight is 271 g/mol. The molecular formula is C13H25N3O3. The van der Waals surface area contributed by atoms with Crippen molar-refractivity contribution < 1.29 is 14.7 Å². The largest absolute Gasteiger partial charge is 0.480 e. The van der Waals surface area contributed by atoms with Crippen LogP contribution in [0.15, 0.2) is 0 Å². The standard InChI is InChI=1S/C13H25N3O3/c1-4-11(12(17)18)14-13(19)15(3)9-10-7-6-8-16(10)5-2/h10-11H,4-9H2,1-3H3,(H,14,19)(H,17,18)/t10?,11-/m1/s1. The summed E-state index contributed by atoms with van der Waals surface area (Å²) < 4.78 is 0. The first-order valence-corrected chi connectivity index (χ1v) is 6.98. The Morgan fingerprint density at radius 3 is 2.68 bits per heavy atom. The maximum atomic E-state index is 11.9. The molecule has 2 amide bonds. The average Bonchev–Trinajstić information content (AvgIpc) is 2.82. The minimum atomic E-state index is -0.986. The topological polar surface area (TPSA) is 72.9 Å². The summed E-state index contributed by atoms with van der Waals surface area (Å²) in [7, 11) is 1.72. The van der Waals surface area contributed by atoms with Gasteiger partial charge in [0.15, 0.2) is 0 Å². The summed E-state index contributed by atoms with van der Waals surface area (Å²) >= 11 is 0. The SMILES string of the molecule is CC[C@@H](NC(=O)N(C)CC1CCCN1CC)C(=O)O. The quantitative estimate of drug-likeness (QED) is 0.755. The Morgan fingerprint density at radius 2 is 2.16 bits per heavy atom. The van der Waals surface area contributed by atoms with Crippen molar-refractivity contribution >= 4 is 12.0 Å². The van der Waals surface area contributed by atoms with E-state index >= 15 is 0 Å². The van der Waals surface area contributed by atoms with Gasteiger partial charge in [-0.3, -0.25) is 4.90 Å². The number of likely N-dealkylation sites (tertiary alicyclic amines) is 1. The van der Waals surface area contributed by atoms with Gasteiger partial charge in [0.1, 0.15) is 6.04 Å². The minimum absolute atomic E-state index is 0.308. The first kappa shape index (κ1) is 15.8. The normalized spacial score (nSPS) is 21.1. The molecule has 2 N–H and O–H groups in total. The minimum Gasteiger partial charge on any atom is -0.480 e. The second kappa shape index (κ2) is 7.33. The number of carbonyl (C=O) groups excluding carboxylic acids is 1. The van der Waals surface area contributed by atoms with Gasteiger partial charge < -0.3 is 15.3 Å². The Balaban J connectivity index is 2.46. The summed E-state index contributed by atoms with van der Waals surface area (Å²) in [5.41, 5.74) is 0. The molecule has 1 saturated heterocycles. The van der Waals surface area contributed by atoms with E-state index < -0.39 is 12.0 Å². The molecule has 0 aromatic rings. The molecule has 6 heteroatoms. The number of nitrogens with zero attached hydrogens (tertiary/aromatic N) is 2. The number of carboxylic acid groups (broad SMARTS) is 1. The van der Waals surface area contributed by atoms with Crippen molar-refractivity contribution in [2.24, 2.45) is 0 Å². The van der Waals surface area contributed by atoms with Crippen LogP contribution in [-0.4, -0.2) is 65.7 Å². The molecular weight excluding hydrogens is 246 g/mol. The molecule has 0 radical (unpaired) electrons. The van der Waals surface area contributed by atoms with Crippen molar-refractivity contribution in [2.75, 3.05) is 26.7 Å². The molecule has 1 rings (SSSR count). The predicted octanol–water partition coefficient (Wildman–Crippen LogP) is 0.975. The smallest absolute Gasteiger partial charge is 0.326 e. The Kier molecular flexibility index (Phi) is 6.08. The first-order valence-electron chi connectivity index (χ1n) is 6.98. The molecule has 0 bridgehead atoms. The highest BCUT2D eigenvalue weighted by Crippen LogP contribution is 2.17. The molecule has 1 fully saturated rings. The number of aliphatic carboxylic acids is 1. The molecule has 110 valence electrons. The summed E-state index contributed by atoms with van der Waals surface area (Å²) in [5, 5.41) is 11.5. The van der Waals surface area contributed by atoms with Crippen LogP contribution in [0.4, 0.5) is 4.79 Å². The molecule has 19 heavy (non-hydrogen) atoms. The lowest BCUT2D eigenvalue weighted by Crippen LogP contribution is -2.49. The van der Waals surface area contributed by atoms with E-state index in [9.17, 15) is 9.59 Å². The van der Waals surface area contributed by atoms with Crippen molar-refractivity contribution in [3.8, 4) is 0 Å². The highest BCUT2D eigenvalue weighted by Gasteiger charge is 2.26. The van der Waals surface area contributed by atoms with Crippen LogP contribution in [0, 0.1) is 0 Å². The van der Waals surface area contributed by atoms with Crippen molar-refractivity contribution in [2.45, 2.75) is 45.2 Å². The van der Waals surface area contributed by atoms with Gasteiger partial charge in [0.25, 0.3) is 0 Å². The van der Waals surface area contributed by atoms with Crippen molar-refractivity contribution in [3.05, 3.63) is 0 Å². The van der Waals surface area contributed by atoms with Crippen molar-refractivity contribution in [1.29, 1.82) is 0 Å². The number of hydrogen-bond donors (Lipinski definition) is 2. The molecule has 0 spiro atoms. The lowest BCUT2D eigenvalue weighted by Gasteiger charge is -2.28. The van der Waals surface area contributed by atoms with E-state index in [0.717, 1.165) is 19.5 Å². The second-order valence-electron chi connectivity index (χ2n) is 5.05. The van der Waals surface area contributed by atoms with E-state index in [0.29, 0.717) is 19.0 Å². The summed E-state index contributed by atoms with van der Waals surface area (Å²) in [6.45, 7) is 6.59. The fraction of sp³-hybridized carbons (Fsp3) is 0.846. The van der Waals surface area contributed by atoms with E-state index in [2.05, 4.69) is 17.1 Å². The van der Waals surface area contributed by atoms with E-state index in [1.807, 2.05) is 0 Å². The highest BCUT2D eigenvalue weighted by molar-refractivity contribution is 5.82. The first-order chi connectivity index (χ1) is 8.99. The maximum Gasteiger partial charge on any atom is 0.326 e. The Hall–Kier alpha value is -1.30. The van der Waals surface area contributed by atoms with Crippen LogP contribution in [-0.2, 0) is 4.79 Å². The van der Waals surface area contributed by atoms with Crippen LogP contribution in [0.1, 0.15) is 33.1 Å². The number of likely N-dealkylation sites (N-methyl/N-ethyl adjacent to an activating group) is 2. The Labute approximate surface area is 114 Å². The molecule has 0 aromatic carbocycles. The third-order valence-electron chi connectivity index (χ3n) is 3.74. The van der Waals surface area contributed by atoms with Crippen LogP contribution in [0.5, 0.6) is 0 Å². The lowest BCUT2D eigenvalue weighted by atomic mass is 10.2. The molecule has 0 aromatic heterocycles. The summed E-state index contributed by atoms with van der Waals surface area (Å²) in [5.74, 6) is -0.986. The van der Waals surface area contributed by atoms with Gasteiger partial charge in [0, 0.05) is 19.6 Å². The predicted molar refractivity (Wildman–Crippen MR) is 73.1 cm³/mol. The Bertz CT molecular complexity index is 322. The number of urea groups is 1. The van der Waals surface area contributed by atoms with Gasteiger partial charge in [0.05, 0.1) is 0 Å². The third-order valence-corrected chi connectivity index (χ3v) is 3.74. The zero-order valence-corrected chi connectivity index (χ0v) is 12.1. The summed E-state index contributed by atoms with van der Waals surface area (Å²) in [6.07, 6.45) is 2.65. The fourth-order valence-electron chi connectivity index (χ4n) is 2.51. The second-order valence-corrected chi connectivity index (χ2v) is 5.05. The van der Waals surface area contributed by atoms with Gasteiger partial charge in [0.2, 0.25) is 0 Å². The third kappa shape index (κ3) is 4.38. The van der Waals surface area contributed by atoms with Crippen LogP contribution < -0.4 is 5.32 Å². The van der Waals surface area contributed by atoms with Crippen molar-refractivity contribution in [3.63, 3.8) is 0 Å². The van der Waals surface area contributed by atoms with Crippen LogP contribution in [0.2, 0.25) is 0 Å². The molecule has 2 atom stereocenters. The van der Waals surface area contributed by atoms with Gasteiger partial charge in [-0.15, -0.1) is 0 Å².